The third kappa shape index (κ3) is 7.84. The molecule has 1 unspecified atom stereocenters. The maximum Gasteiger partial charge on any atom is 0.264 e. The first kappa shape index (κ1) is 30.7. The van der Waals surface area contributed by atoms with Gasteiger partial charge >= 0.3 is 0 Å². The predicted octanol–water partition coefficient (Wildman–Crippen LogP) is 5.86. The fraction of sp³-hybridized carbons (Fsp3) is 0.310. The molecule has 0 spiro atoms. The lowest BCUT2D eigenvalue weighted by atomic mass is 10.1. The number of halogens is 2. The Hall–Kier alpha value is -2.88. The Morgan fingerprint density at radius 3 is 2.36 bits per heavy atom. The van der Waals surface area contributed by atoms with Crippen LogP contribution in [-0.4, -0.2) is 44.3 Å². The van der Waals surface area contributed by atoms with E-state index in [2.05, 4.69) is 21.2 Å². The Balaban J connectivity index is 2.06. The van der Waals surface area contributed by atoms with E-state index in [-0.39, 0.29) is 17.3 Å². The average Bonchev–Trinajstić information content (AvgIpc) is 2.90. The first-order chi connectivity index (χ1) is 18.4. The van der Waals surface area contributed by atoms with Gasteiger partial charge < -0.3 is 10.2 Å². The Morgan fingerprint density at radius 2 is 1.72 bits per heavy atom. The SMILES string of the molecule is CCCNC(=O)C(C)N(Cc1cccc(Br)c1)C(=O)CN(c1cc(Cl)ccc1C)S(=O)(=O)c1ccc(C)cc1. The van der Waals surface area contributed by atoms with Crippen molar-refractivity contribution in [2.45, 2.75) is 51.6 Å². The third-order valence-electron chi connectivity index (χ3n) is 6.29. The lowest BCUT2D eigenvalue weighted by molar-refractivity contribution is -0.139. The maximum absolute atomic E-state index is 14.0. The topological polar surface area (TPSA) is 86.8 Å². The lowest BCUT2D eigenvalue weighted by Crippen LogP contribution is -2.51. The van der Waals surface area contributed by atoms with Crippen LogP contribution in [0.3, 0.4) is 0 Å². The minimum Gasteiger partial charge on any atom is -0.354 e. The van der Waals surface area contributed by atoms with Crippen LogP contribution in [0.5, 0.6) is 0 Å². The monoisotopic (exact) mass is 633 g/mol. The zero-order chi connectivity index (χ0) is 28.7. The summed E-state index contributed by atoms with van der Waals surface area (Å²) < 4.78 is 29.8. The number of carbonyl (C=O) groups is 2. The van der Waals surface area contributed by atoms with Gasteiger partial charge in [0.2, 0.25) is 11.8 Å². The van der Waals surface area contributed by atoms with Crippen molar-refractivity contribution in [1.29, 1.82) is 0 Å². The summed E-state index contributed by atoms with van der Waals surface area (Å²) in [6, 6.07) is 17.9. The fourth-order valence-electron chi connectivity index (χ4n) is 4.01. The molecule has 0 aromatic heterocycles. The van der Waals surface area contributed by atoms with E-state index in [1.165, 1.54) is 23.1 Å². The Morgan fingerprint density at radius 1 is 1.03 bits per heavy atom. The lowest BCUT2D eigenvalue weighted by Gasteiger charge is -2.32. The van der Waals surface area contributed by atoms with Crippen molar-refractivity contribution in [3.8, 4) is 0 Å². The van der Waals surface area contributed by atoms with Gasteiger partial charge in [-0.3, -0.25) is 13.9 Å². The zero-order valence-corrected chi connectivity index (χ0v) is 25.6. The molecule has 3 aromatic rings. The largest absolute Gasteiger partial charge is 0.354 e. The standard InChI is InChI=1S/C29H33BrClN3O4S/c1-5-15-32-29(36)22(4)33(18-23-7-6-8-24(30)16-23)28(35)19-34(27-17-25(31)12-11-21(27)3)39(37,38)26-13-9-20(2)10-14-26/h6-14,16-17,22H,5,15,18-19H2,1-4H3,(H,32,36). The molecule has 0 heterocycles. The van der Waals surface area contributed by atoms with Crippen molar-refractivity contribution in [1.82, 2.24) is 10.2 Å². The minimum atomic E-state index is -4.16. The summed E-state index contributed by atoms with van der Waals surface area (Å²) in [7, 11) is -4.16. The van der Waals surface area contributed by atoms with E-state index in [1.54, 1.807) is 38.1 Å². The molecule has 1 atom stereocenters. The van der Waals surface area contributed by atoms with E-state index in [9.17, 15) is 18.0 Å². The number of benzene rings is 3. The van der Waals surface area contributed by atoms with Crippen LogP contribution >= 0.6 is 27.5 Å². The van der Waals surface area contributed by atoms with Crippen LogP contribution in [0, 0.1) is 13.8 Å². The predicted molar refractivity (Wildman–Crippen MR) is 159 cm³/mol. The molecule has 0 saturated heterocycles. The van der Waals surface area contributed by atoms with E-state index in [4.69, 9.17) is 11.6 Å². The first-order valence-electron chi connectivity index (χ1n) is 12.6. The minimum absolute atomic E-state index is 0.0487. The quantitative estimate of drug-likeness (QED) is 0.286. The molecule has 3 rings (SSSR count). The van der Waals surface area contributed by atoms with Gasteiger partial charge in [-0.15, -0.1) is 0 Å². The molecule has 3 aromatic carbocycles. The van der Waals surface area contributed by atoms with Crippen LogP contribution in [0.1, 0.15) is 37.0 Å². The molecular weight excluding hydrogens is 602 g/mol. The van der Waals surface area contributed by atoms with E-state index in [1.807, 2.05) is 38.1 Å². The highest BCUT2D eigenvalue weighted by Gasteiger charge is 2.33. The normalized spacial score (nSPS) is 12.1. The summed E-state index contributed by atoms with van der Waals surface area (Å²) in [5, 5.41) is 3.17. The summed E-state index contributed by atoms with van der Waals surface area (Å²) in [5.41, 5.74) is 2.62. The second-order valence-electron chi connectivity index (χ2n) is 9.37. The number of hydrogen-bond acceptors (Lipinski definition) is 4. The Bertz CT molecular complexity index is 1430. The van der Waals surface area contributed by atoms with E-state index in [0.29, 0.717) is 22.8 Å². The Labute approximate surface area is 244 Å². The zero-order valence-electron chi connectivity index (χ0n) is 22.4. The second-order valence-corrected chi connectivity index (χ2v) is 12.6. The van der Waals surface area contributed by atoms with Gasteiger partial charge in [0, 0.05) is 22.6 Å². The van der Waals surface area contributed by atoms with Crippen molar-refractivity contribution in [3.05, 3.63) is 92.9 Å². The molecule has 2 amide bonds. The number of anilines is 1. The van der Waals surface area contributed by atoms with Crippen LogP contribution < -0.4 is 9.62 Å². The molecular formula is C29H33BrClN3O4S. The molecule has 208 valence electrons. The van der Waals surface area contributed by atoms with E-state index >= 15 is 0 Å². The van der Waals surface area contributed by atoms with Crippen molar-refractivity contribution in [2.75, 3.05) is 17.4 Å². The number of nitrogens with zero attached hydrogens (tertiary/aromatic N) is 2. The van der Waals surface area contributed by atoms with Gasteiger partial charge in [0.05, 0.1) is 10.6 Å². The summed E-state index contributed by atoms with van der Waals surface area (Å²) in [6.45, 7) is 7.28. The molecule has 39 heavy (non-hydrogen) atoms. The van der Waals surface area contributed by atoms with Crippen LogP contribution in [0.25, 0.3) is 0 Å². The van der Waals surface area contributed by atoms with Crippen LogP contribution in [0.4, 0.5) is 5.69 Å². The van der Waals surface area contributed by atoms with Gasteiger partial charge in [-0.1, -0.05) is 70.3 Å². The third-order valence-corrected chi connectivity index (χ3v) is 8.79. The van der Waals surface area contributed by atoms with Gasteiger partial charge in [-0.25, -0.2) is 8.42 Å². The van der Waals surface area contributed by atoms with E-state index < -0.39 is 28.5 Å². The molecule has 0 aliphatic rings. The summed E-state index contributed by atoms with van der Waals surface area (Å²) >= 11 is 9.71. The van der Waals surface area contributed by atoms with Gasteiger partial charge in [0.1, 0.15) is 12.6 Å². The smallest absolute Gasteiger partial charge is 0.264 e. The number of carbonyl (C=O) groups excluding carboxylic acids is 2. The molecule has 0 aliphatic carbocycles. The van der Waals surface area contributed by atoms with Crippen molar-refractivity contribution < 1.29 is 18.0 Å². The van der Waals surface area contributed by atoms with Gasteiger partial charge in [0.15, 0.2) is 0 Å². The van der Waals surface area contributed by atoms with E-state index in [0.717, 1.165) is 26.3 Å². The number of amides is 2. The fourth-order valence-corrected chi connectivity index (χ4v) is 6.10. The van der Waals surface area contributed by atoms with Gasteiger partial charge in [-0.2, -0.15) is 0 Å². The molecule has 7 nitrogen and oxygen atoms in total. The molecule has 10 heteroatoms. The first-order valence-corrected chi connectivity index (χ1v) is 15.2. The second kappa shape index (κ2) is 13.5. The molecule has 0 bridgehead atoms. The average molecular weight is 635 g/mol. The summed E-state index contributed by atoms with van der Waals surface area (Å²) in [5.74, 6) is -0.837. The van der Waals surface area contributed by atoms with Gasteiger partial charge in [0.25, 0.3) is 10.0 Å². The Kier molecular flexibility index (Phi) is 10.6. The summed E-state index contributed by atoms with van der Waals surface area (Å²) in [6.07, 6.45) is 0.745. The molecule has 0 radical (unpaired) electrons. The highest BCUT2D eigenvalue weighted by molar-refractivity contribution is 9.10. The highest BCUT2D eigenvalue weighted by Crippen LogP contribution is 2.30. The van der Waals surface area contributed by atoms with Gasteiger partial charge in [-0.05, 0) is 74.7 Å². The van der Waals surface area contributed by atoms with Crippen LogP contribution in [-0.2, 0) is 26.2 Å². The van der Waals surface area contributed by atoms with Crippen LogP contribution in [0.15, 0.2) is 76.1 Å². The molecule has 1 N–H and O–H groups in total. The number of hydrogen-bond donors (Lipinski definition) is 1. The molecule has 0 saturated carbocycles. The number of aryl methyl sites for hydroxylation is 2. The molecule has 0 fully saturated rings. The van der Waals surface area contributed by atoms with Crippen molar-refractivity contribution in [3.63, 3.8) is 0 Å². The molecule has 0 aliphatic heterocycles. The van der Waals surface area contributed by atoms with Crippen molar-refractivity contribution >= 4 is 55.1 Å². The van der Waals surface area contributed by atoms with Crippen molar-refractivity contribution in [2.24, 2.45) is 0 Å². The number of nitrogens with one attached hydrogen (secondary N) is 1. The highest BCUT2D eigenvalue weighted by atomic mass is 79.9. The number of rotatable bonds is 11. The number of sulfonamides is 1. The summed E-state index contributed by atoms with van der Waals surface area (Å²) in [4.78, 5) is 28.4. The maximum atomic E-state index is 14.0. The van der Waals surface area contributed by atoms with Crippen LogP contribution in [0.2, 0.25) is 5.02 Å².